The molecule has 2 aromatic carbocycles. The van der Waals surface area contributed by atoms with E-state index in [1.54, 1.807) is 30.3 Å². The van der Waals surface area contributed by atoms with Gasteiger partial charge in [-0.2, -0.15) is 0 Å². The third-order valence-corrected chi connectivity index (χ3v) is 3.18. The maximum absolute atomic E-state index is 12.1. The summed E-state index contributed by atoms with van der Waals surface area (Å²) in [6.07, 6.45) is 0. The van der Waals surface area contributed by atoms with Crippen LogP contribution in [0.4, 0.5) is 5.69 Å². The molecule has 5 nitrogen and oxygen atoms in total. The number of amides is 1. The van der Waals surface area contributed by atoms with Crippen molar-refractivity contribution >= 4 is 23.2 Å². The first kappa shape index (κ1) is 17.0. The molecule has 6 heteroatoms. The Kier molecular flexibility index (Phi) is 6.11. The van der Waals surface area contributed by atoms with Crippen molar-refractivity contribution in [1.82, 2.24) is 0 Å². The fourth-order valence-electron chi connectivity index (χ4n) is 1.95. The van der Waals surface area contributed by atoms with Crippen molar-refractivity contribution in [2.24, 2.45) is 0 Å². The van der Waals surface area contributed by atoms with Gasteiger partial charge in [-0.25, -0.2) is 0 Å². The number of carbonyl (C=O) groups excluding carboxylic acids is 1. The van der Waals surface area contributed by atoms with E-state index in [2.05, 4.69) is 5.32 Å². The molecule has 0 fully saturated rings. The van der Waals surface area contributed by atoms with Gasteiger partial charge in [0, 0.05) is 5.02 Å². The molecule has 0 atom stereocenters. The summed E-state index contributed by atoms with van der Waals surface area (Å²) in [5, 5.41) is 3.21. The Morgan fingerprint density at radius 3 is 2.43 bits per heavy atom. The molecular weight excluding hydrogens is 318 g/mol. The van der Waals surface area contributed by atoms with Crippen LogP contribution in [0.2, 0.25) is 5.02 Å². The van der Waals surface area contributed by atoms with Crippen molar-refractivity contribution in [3.63, 3.8) is 0 Å². The molecule has 0 saturated carbocycles. The van der Waals surface area contributed by atoms with Crippen LogP contribution in [0.15, 0.2) is 42.5 Å². The summed E-state index contributed by atoms with van der Waals surface area (Å²) in [7, 11) is 1.52. The fourth-order valence-corrected chi connectivity index (χ4v) is 2.12. The second kappa shape index (κ2) is 8.29. The maximum atomic E-state index is 12.1. The van der Waals surface area contributed by atoms with E-state index >= 15 is 0 Å². The van der Waals surface area contributed by atoms with E-state index in [9.17, 15) is 4.79 Å². The lowest BCUT2D eigenvalue weighted by molar-refractivity contribution is -0.118. The van der Waals surface area contributed by atoms with Gasteiger partial charge in [-0.1, -0.05) is 23.7 Å². The van der Waals surface area contributed by atoms with Gasteiger partial charge in [0.2, 0.25) is 0 Å². The first-order valence-corrected chi connectivity index (χ1v) is 7.50. The van der Waals surface area contributed by atoms with E-state index < -0.39 is 0 Å². The smallest absolute Gasteiger partial charge is 0.262 e. The number of anilines is 1. The molecular formula is C17H18ClNO4. The van der Waals surface area contributed by atoms with Crippen LogP contribution in [-0.2, 0) is 4.79 Å². The van der Waals surface area contributed by atoms with Crippen molar-refractivity contribution in [1.29, 1.82) is 0 Å². The Bertz CT molecular complexity index is 675. The van der Waals surface area contributed by atoms with Crippen LogP contribution in [0, 0.1) is 0 Å². The summed E-state index contributed by atoms with van der Waals surface area (Å²) < 4.78 is 16.1. The number of rotatable bonds is 7. The van der Waals surface area contributed by atoms with Gasteiger partial charge >= 0.3 is 0 Å². The highest BCUT2D eigenvalue weighted by Crippen LogP contribution is 2.28. The highest BCUT2D eigenvalue weighted by Gasteiger charge is 2.10. The Balaban J connectivity index is 2.00. The standard InChI is InChI=1S/C17H18ClNO4/c1-3-22-15-6-4-5-7-16(15)23-11-17(20)19-13-10-12(18)8-9-14(13)21-2/h4-10H,3,11H2,1-2H3,(H,19,20). The summed E-state index contributed by atoms with van der Waals surface area (Å²) in [5.74, 6) is 1.32. The van der Waals surface area contributed by atoms with Gasteiger partial charge in [-0.3, -0.25) is 4.79 Å². The van der Waals surface area contributed by atoms with Gasteiger partial charge in [0.25, 0.3) is 5.91 Å². The first-order valence-electron chi connectivity index (χ1n) is 7.12. The average molecular weight is 336 g/mol. The molecule has 2 rings (SSSR count). The number of methoxy groups -OCH3 is 1. The fraction of sp³-hybridized carbons (Fsp3) is 0.235. The van der Waals surface area contributed by atoms with Crippen molar-refractivity contribution in [3.8, 4) is 17.2 Å². The largest absolute Gasteiger partial charge is 0.495 e. The summed E-state index contributed by atoms with van der Waals surface area (Å²) >= 11 is 5.93. The number of ether oxygens (including phenoxy) is 3. The zero-order chi connectivity index (χ0) is 16.7. The molecule has 0 spiro atoms. The summed E-state index contributed by atoms with van der Waals surface area (Å²) in [6.45, 7) is 2.25. The average Bonchev–Trinajstić information content (AvgIpc) is 2.54. The van der Waals surface area contributed by atoms with E-state index in [-0.39, 0.29) is 12.5 Å². The Morgan fingerprint density at radius 1 is 1.09 bits per heavy atom. The van der Waals surface area contributed by atoms with Crippen LogP contribution in [0.3, 0.4) is 0 Å². The molecule has 0 bridgehead atoms. The predicted molar refractivity (Wildman–Crippen MR) is 89.7 cm³/mol. The summed E-state index contributed by atoms with van der Waals surface area (Å²) in [4.78, 5) is 12.1. The van der Waals surface area contributed by atoms with Crippen LogP contribution in [-0.4, -0.2) is 26.2 Å². The molecule has 2 aromatic rings. The minimum absolute atomic E-state index is 0.153. The Morgan fingerprint density at radius 2 is 1.78 bits per heavy atom. The SMILES string of the molecule is CCOc1ccccc1OCC(=O)Nc1cc(Cl)ccc1OC. The molecule has 1 N–H and O–H groups in total. The second-order valence-electron chi connectivity index (χ2n) is 4.56. The summed E-state index contributed by atoms with van der Waals surface area (Å²) in [6, 6.07) is 12.2. The summed E-state index contributed by atoms with van der Waals surface area (Å²) in [5.41, 5.74) is 0.492. The van der Waals surface area contributed by atoms with Crippen LogP contribution in [0.1, 0.15) is 6.92 Å². The van der Waals surface area contributed by atoms with Gasteiger partial charge in [-0.15, -0.1) is 0 Å². The molecule has 0 radical (unpaired) electrons. The minimum Gasteiger partial charge on any atom is -0.495 e. The third-order valence-electron chi connectivity index (χ3n) is 2.94. The van der Waals surface area contributed by atoms with Crippen LogP contribution >= 0.6 is 11.6 Å². The second-order valence-corrected chi connectivity index (χ2v) is 5.00. The topological polar surface area (TPSA) is 56.8 Å². The first-order chi connectivity index (χ1) is 11.1. The zero-order valence-corrected chi connectivity index (χ0v) is 13.7. The quantitative estimate of drug-likeness (QED) is 0.837. The van der Waals surface area contributed by atoms with E-state index in [1.165, 1.54) is 7.11 Å². The molecule has 0 saturated heterocycles. The molecule has 0 heterocycles. The lowest BCUT2D eigenvalue weighted by Crippen LogP contribution is -2.20. The van der Waals surface area contributed by atoms with Crippen molar-refractivity contribution < 1.29 is 19.0 Å². The Hall–Kier alpha value is -2.40. The number of carbonyl (C=O) groups is 1. The number of nitrogens with one attached hydrogen (secondary N) is 1. The van der Waals surface area contributed by atoms with E-state index in [0.29, 0.717) is 34.6 Å². The molecule has 1 amide bonds. The molecule has 0 aliphatic rings. The van der Waals surface area contributed by atoms with Crippen molar-refractivity contribution in [2.75, 3.05) is 25.6 Å². The van der Waals surface area contributed by atoms with Crippen LogP contribution < -0.4 is 19.5 Å². The van der Waals surface area contributed by atoms with Gasteiger partial charge in [-0.05, 0) is 37.3 Å². The number of para-hydroxylation sites is 2. The van der Waals surface area contributed by atoms with Crippen LogP contribution in [0.5, 0.6) is 17.2 Å². The molecule has 0 aliphatic carbocycles. The van der Waals surface area contributed by atoms with Gasteiger partial charge in [0.1, 0.15) is 5.75 Å². The maximum Gasteiger partial charge on any atom is 0.262 e. The lowest BCUT2D eigenvalue weighted by Gasteiger charge is -2.13. The van der Waals surface area contributed by atoms with Crippen molar-refractivity contribution in [3.05, 3.63) is 47.5 Å². The van der Waals surface area contributed by atoms with E-state index in [1.807, 2.05) is 19.1 Å². The van der Waals surface area contributed by atoms with E-state index in [4.69, 9.17) is 25.8 Å². The number of hydrogen-bond donors (Lipinski definition) is 1. The normalized spacial score (nSPS) is 10.0. The molecule has 122 valence electrons. The van der Waals surface area contributed by atoms with E-state index in [0.717, 1.165) is 0 Å². The molecule has 0 aliphatic heterocycles. The highest BCUT2D eigenvalue weighted by molar-refractivity contribution is 6.31. The Labute approximate surface area is 140 Å². The number of benzene rings is 2. The minimum atomic E-state index is -0.322. The number of hydrogen-bond acceptors (Lipinski definition) is 4. The van der Waals surface area contributed by atoms with Crippen molar-refractivity contribution in [2.45, 2.75) is 6.92 Å². The van der Waals surface area contributed by atoms with Gasteiger partial charge < -0.3 is 19.5 Å². The molecule has 0 aromatic heterocycles. The van der Waals surface area contributed by atoms with Gasteiger partial charge in [0.15, 0.2) is 18.1 Å². The predicted octanol–water partition coefficient (Wildman–Crippen LogP) is 3.76. The number of halogens is 1. The molecule has 23 heavy (non-hydrogen) atoms. The zero-order valence-electron chi connectivity index (χ0n) is 13.0. The third kappa shape index (κ3) is 4.79. The monoisotopic (exact) mass is 335 g/mol. The lowest BCUT2D eigenvalue weighted by atomic mass is 10.3. The van der Waals surface area contributed by atoms with Gasteiger partial charge in [0.05, 0.1) is 19.4 Å². The van der Waals surface area contributed by atoms with Crippen LogP contribution in [0.25, 0.3) is 0 Å². The molecule has 0 unspecified atom stereocenters. The highest BCUT2D eigenvalue weighted by atomic mass is 35.5.